The Balaban J connectivity index is 1.45. The number of nitrogens with zero attached hydrogens (tertiary/aromatic N) is 5. The summed E-state index contributed by atoms with van der Waals surface area (Å²) in [4.78, 5) is 18.7. The van der Waals surface area contributed by atoms with Crippen molar-refractivity contribution in [3.8, 4) is 5.75 Å². The normalized spacial score (nSPS) is 17.1. The van der Waals surface area contributed by atoms with Crippen LogP contribution in [0.25, 0.3) is 0 Å². The number of urea groups is 1. The van der Waals surface area contributed by atoms with Gasteiger partial charge in [-0.05, 0) is 24.3 Å². The van der Waals surface area contributed by atoms with E-state index in [-0.39, 0.29) is 6.03 Å². The number of piperazine rings is 1. The van der Waals surface area contributed by atoms with Crippen molar-refractivity contribution in [1.82, 2.24) is 15.1 Å². The van der Waals surface area contributed by atoms with E-state index in [9.17, 15) is 4.79 Å². The highest BCUT2D eigenvalue weighted by atomic mass is 35.5. The molecule has 0 aliphatic carbocycles. The minimum absolute atomic E-state index is 0.00525. The molecule has 1 aromatic heterocycles. The van der Waals surface area contributed by atoms with Gasteiger partial charge in [0, 0.05) is 43.5 Å². The number of hydrogen-bond donors (Lipinski definition) is 0. The van der Waals surface area contributed by atoms with E-state index in [0.29, 0.717) is 37.0 Å². The van der Waals surface area contributed by atoms with Gasteiger partial charge in [-0.2, -0.15) is 5.10 Å². The maximum atomic E-state index is 13.0. The van der Waals surface area contributed by atoms with Crippen molar-refractivity contribution in [2.45, 2.75) is 0 Å². The van der Waals surface area contributed by atoms with Crippen LogP contribution in [0.15, 0.2) is 36.5 Å². The quantitative estimate of drug-likeness (QED) is 0.781. The molecule has 0 unspecified atom stereocenters. The summed E-state index contributed by atoms with van der Waals surface area (Å²) in [5.74, 6) is 1.51. The largest absolute Gasteiger partial charge is 0.489 e. The number of halogens is 1. The van der Waals surface area contributed by atoms with Crippen LogP contribution in [0.4, 0.5) is 16.3 Å². The Kier molecular flexibility index (Phi) is 4.31. The lowest BCUT2D eigenvalue weighted by Crippen LogP contribution is -2.54. The molecule has 2 aliphatic rings. The molecule has 2 aromatic rings. The summed E-state index contributed by atoms with van der Waals surface area (Å²) in [5, 5.41) is 8.65. The van der Waals surface area contributed by atoms with Crippen molar-refractivity contribution >= 4 is 29.1 Å². The van der Waals surface area contributed by atoms with Crippen LogP contribution >= 0.6 is 11.6 Å². The SMILES string of the molecule is O=C(N1CCN(c2cccnn2)CC1)N1CCOc2cc(Cl)ccc21. The topological polar surface area (TPSA) is 61.8 Å². The van der Waals surface area contributed by atoms with Crippen molar-refractivity contribution in [2.75, 3.05) is 49.1 Å². The fraction of sp³-hybridized carbons (Fsp3) is 0.353. The number of hydrogen-bond acceptors (Lipinski definition) is 5. The van der Waals surface area contributed by atoms with Crippen molar-refractivity contribution < 1.29 is 9.53 Å². The molecule has 0 saturated carbocycles. The molecule has 0 spiro atoms. The molecule has 3 heterocycles. The van der Waals surface area contributed by atoms with Gasteiger partial charge >= 0.3 is 6.03 Å². The van der Waals surface area contributed by atoms with Crippen LogP contribution in [0.1, 0.15) is 0 Å². The van der Waals surface area contributed by atoms with Crippen molar-refractivity contribution in [3.63, 3.8) is 0 Å². The van der Waals surface area contributed by atoms with E-state index in [1.807, 2.05) is 23.1 Å². The Labute approximate surface area is 150 Å². The summed E-state index contributed by atoms with van der Waals surface area (Å²) in [7, 11) is 0. The van der Waals surface area contributed by atoms with Gasteiger partial charge in [-0.1, -0.05) is 11.6 Å². The van der Waals surface area contributed by atoms with Gasteiger partial charge < -0.3 is 14.5 Å². The standard InChI is InChI=1S/C17H18ClN5O2/c18-13-3-4-14-15(12-13)25-11-10-23(14)17(24)22-8-6-21(7-9-22)16-2-1-5-19-20-16/h1-5,12H,6-11H2. The van der Waals surface area contributed by atoms with E-state index in [1.165, 1.54) is 0 Å². The zero-order chi connectivity index (χ0) is 17.2. The van der Waals surface area contributed by atoms with Gasteiger partial charge in [0.25, 0.3) is 0 Å². The van der Waals surface area contributed by atoms with Gasteiger partial charge in [0.05, 0.1) is 12.2 Å². The first-order chi connectivity index (χ1) is 12.2. The minimum atomic E-state index is 0.00525. The summed E-state index contributed by atoms with van der Waals surface area (Å²) in [5.41, 5.74) is 0.775. The summed E-state index contributed by atoms with van der Waals surface area (Å²) in [6, 6.07) is 9.18. The zero-order valence-corrected chi connectivity index (χ0v) is 14.4. The Morgan fingerprint density at radius 1 is 1.12 bits per heavy atom. The van der Waals surface area contributed by atoms with Crippen molar-refractivity contribution in [1.29, 1.82) is 0 Å². The Hall–Kier alpha value is -2.54. The van der Waals surface area contributed by atoms with Crippen LogP contribution in [0.3, 0.4) is 0 Å². The van der Waals surface area contributed by atoms with E-state index in [2.05, 4.69) is 15.1 Å². The average Bonchev–Trinajstić information content (AvgIpc) is 2.67. The molecule has 7 nitrogen and oxygen atoms in total. The highest BCUT2D eigenvalue weighted by molar-refractivity contribution is 6.30. The fourth-order valence-corrected chi connectivity index (χ4v) is 3.31. The fourth-order valence-electron chi connectivity index (χ4n) is 3.15. The first-order valence-corrected chi connectivity index (χ1v) is 8.61. The smallest absolute Gasteiger partial charge is 0.324 e. The number of ether oxygens (including phenoxy) is 1. The molecule has 8 heteroatoms. The molecule has 25 heavy (non-hydrogen) atoms. The zero-order valence-electron chi connectivity index (χ0n) is 13.6. The molecule has 1 saturated heterocycles. The third kappa shape index (κ3) is 3.19. The first kappa shape index (κ1) is 16.0. The van der Waals surface area contributed by atoms with E-state index in [0.717, 1.165) is 24.6 Å². The lowest BCUT2D eigenvalue weighted by Gasteiger charge is -2.39. The lowest BCUT2D eigenvalue weighted by atomic mass is 10.2. The predicted molar refractivity (Wildman–Crippen MR) is 95.5 cm³/mol. The van der Waals surface area contributed by atoms with Crippen LogP contribution in [0.5, 0.6) is 5.75 Å². The second kappa shape index (κ2) is 6.76. The van der Waals surface area contributed by atoms with Crippen molar-refractivity contribution in [3.05, 3.63) is 41.6 Å². The number of rotatable bonds is 1. The van der Waals surface area contributed by atoms with Crippen LogP contribution in [0.2, 0.25) is 5.02 Å². The third-order valence-corrected chi connectivity index (χ3v) is 4.68. The molecule has 0 radical (unpaired) electrons. The van der Waals surface area contributed by atoms with Gasteiger partial charge in [-0.3, -0.25) is 4.90 Å². The number of benzene rings is 1. The van der Waals surface area contributed by atoms with Crippen LogP contribution < -0.4 is 14.5 Å². The highest BCUT2D eigenvalue weighted by Gasteiger charge is 2.30. The van der Waals surface area contributed by atoms with E-state index in [1.54, 1.807) is 23.2 Å². The number of anilines is 2. The second-order valence-electron chi connectivity index (χ2n) is 5.95. The molecular weight excluding hydrogens is 342 g/mol. The van der Waals surface area contributed by atoms with Crippen molar-refractivity contribution in [2.24, 2.45) is 0 Å². The molecule has 2 amide bonds. The summed E-state index contributed by atoms with van der Waals surface area (Å²) < 4.78 is 5.63. The average molecular weight is 360 g/mol. The molecule has 130 valence electrons. The van der Waals surface area contributed by atoms with Gasteiger partial charge in [-0.15, -0.1) is 5.10 Å². The van der Waals surface area contributed by atoms with Gasteiger partial charge in [0.1, 0.15) is 12.4 Å². The van der Waals surface area contributed by atoms with E-state index in [4.69, 9.17) is 16.3 Å². The summed E-state index contributed by atoms with van der Waals surface area (Å²) >= 11 is 6.02. The maximum Gasteiger partial charge on any atom is 0.324 e. The summed E-state index contributed by atoms with van der Waals surface area (Å²) in [6.07, 6.45) is 1.66. The van der Waals surface area contributed by atoms with Gasteiger partial charge in [-0.25, -0.2) is 4.79 Å². The Morgan fingerprint density at radius 2 is 1.96 bits per heavy atom. The van der Waals surface area contributed by atoms with E-state index < -0.39 is 0 Å². The lowest BCUT2D eigenvalue weighted by molar-refractivity contribution is 0.196. The predicted octanol–water partition coefficient (Wildman–Crippen LogP) is 2.27. The molecule has 0 atom stereocenters. The minimum Gasteiger partial charge on any atom is -0.489 e. The van der Waals surface area contributed by atoms with Gasteiger partial charge in [0.2, 0.25) is 0 Å². The number of carbonyl (C=O) groups excluding carboxylic acids is 1. The molecule has 1 fully saturated rings. The molecule has 0 bridgehead atoms. The number of carbonyl (C=O) groups is 1. The van der Waals surface area contributed by atoms with Gasteiger partial charge in [0.15, 0.2) is 5.82 Å². The molecule has 4 rings (SSSR count). The molecule has 0 N–H and O–H groups in total. The number of aromatic nitrogens is 2. The number of fused-ring (bicyclic) bond motifs is 1. The van der Waals surface area contributed by atoms with Crippen LogP contribution in [-0.2, 0) is 0 Å². The molecule has 1 aromatic carbocycles. The monoisotopic (exact) mass is 359 g/mol. The summed E-state index contributed by atoms with van der Waals surface area (Å²) in [6.45, 7) is 3.78. The molecule has 2 aliphatic heterocycles. The Bertz CT molecular complexity index is 765. The molecular formula is C17H18ClN5O2. The Morgan fingerprint density at radius 3 is 2.72 bits per heavy atom. The number of amides is 2. The van der Waals surface area contributed by atoms with Crippen LogP contribution in [-0.4, -0.2) is 60.5 Å². The second-order valence-corrected chi connectivity index (χ2v) is 6.39. The van der Waals surface area contributed by atoms with E-state index >= 15 is 0 Å². The maximum absolute atomic E-state index is 13.0. The van der Waals surface area contributed by atoms with Crippen LogP contribution in [0, 0.1) is 0 Å². The first-order valence-electron chi connectivity index (χ1n) is 8.24. The highest BCUT2D eigenvalue weighted by Crippen LogP contribution is 2.34. The third-order valence-electron chi connectivity index (χ3n) is 4.45.